The van der Waals surface area contributed by atoms with Gasteiger partial charge in [-0.15, -0.1) is 0 Å². The second-order valence-electron chi connectivity index (χ2n) is 9.36. The molecule has 0 unspecified atom stereocenters. The molecule has 7 aromatic carbocycles. The van der Waals surface area contributed by atoms with E-state index in [1.165, 1.54) is 43.1 Å². The number of hydrogen-bond donors (Lipinski definition) is 0. The van der Waals surface area contributed by atoms with Crippen LogP contribution in [0.3, 0.4) is 0 Å². The van der Waals surface area contributed by atoms with Crippen LogP contribution in [0, 0.1) is 0 Å². The molecule has 0 saturated carbocycles. The van der Waals surface area contributed by atoms with Gasteiger partial charge in [-0.2, -0.15) is 0 Å². The zero-order chi connectivity index (χ0) is 24.8. The Labute approximate surface area is 216 Å². The third-order valence-corrected chi connectivity index (χ3v) is 7.29. The fourth-order valence-corrected chi connectivity index (χ4v) is 5.60. The highest BCUT2D eigenvalue weighted by Crippen LogP contribution is 2.46. The normalized spacial score (nSPS) is 11.4. The summed E-state index contributed by atoms with van der Waals surface area (Å²) in [5, 5.41) is 9.86. The molecular weight excluding hydrogens is 450 g/mol. The zero-order valence-corrected chi connectivity index (χ0v) is 20.6. The molecule has 0 aromatic heterocycles. The highest BCUT2D eigenvalue weighted by molar-refractivity contribution is 6.18. The molecule has 2 nitrogen and oxygen atoms in total. The first-order valence-corrected chi connectivity index (χ1v) is 12.6. The molecule has 0 radical (unpaired) electrons. The number of hydrogen-bond acceptors (Lipinski definition) is 2. The standard InChI is InChI=1S/C35H25NO/c1-37-27-14-10-13-26(23-27)36(34-21-24-11-2-4-15-28(24)30-17-6-8-19-32(30)34)35-22-25-12-3-5-16-29(25)31-18-7-9-20-33(31)35/h2-23H,1H3. The number of methoxy groups -OCH3 is 1. The summed E-state index contributed by atoms with van der Waals surface area (Å²) in [4.78, 5) is 2.39. The average Bonchev–Trinajstić information content (AvgIpc) is 2.97. The van der Waals surface area contributed by atoms with Crippen molar-refractivity contribution in [1.29, 1.82) is 0 Å². The largest absolute Gasteiger partial charge is 0.497 e. The van der Waals surface area contributed by atoms with Crippen LogP contribution < -0.4 is 9.64 Å². The molecule has 0 heterocycles. The first-order chi connectivity index (χ1) is 18.3. The van der Waals surface area contributed by atoms with Crippen LogP contribution in [0.2, 0.25) is 0 Å². The van der Waals surface area contributed by atoms with E-state index in [4.69, 9.17) is 4.74 Å². The summed E-state index contributed by atoms with van der Waals surface area (Å²) in [6.45, 7) is 0. The van der Waals surface area contributed by atoms with Crippen molar-refractivity contribution < 1.29 is 4.74 Å². The van der Waals surface area contributed by atoms with Crippen molar-refractivity contribution in [1.82, 2.24) is 0 Å². The minimum absolute atomic E-state index is 0.831. The van der Waals surface area contributed by atoms with Crippen molar-refractivity contribution in [3.05, 3.63) is 133 Å². The fourth-order valence-electron chi connectivity index (χ4n) is 5.60. The Morgan fingerprint density at radius 3 is 1.41 bits per heavy atom. The Morgan fingerprint density at radius 2 is 0.892 bits per heavy atom. The Bertz CT molecular complexity index is 1820. The minimum atomic E-state index is 0.831. The molecule has 0 aliphatic heterocycles. The summed E-state index contributed by atoms with van der Waals surface area (Å²) in [5.74, 6) is 0.831. The molecule has 2 heteroatoms. The van der Waals surface area contributed by atoms with Crippen LogP contribution in [0.1, 0.15) is 0 Å². The first-order valence-electron chi connectivity index (χ1n) is 12.6. The Kier molecular flexibility index (Phi) is 5.04. The lowest BCUT2D eigenvalue weighted by Gasteiger charge is -2.29. The van der Waals surface area contributed by atoms with Crippen LogP contribution >= 0.6 is 0 Å². The maximum atomic E-state index is 5.67. The third-order valence-electron chi connectivity index (χ3n) is 7.29. The van der Waals surface area contributed by atoms with Gasteiger partial charge in [0.1, 0.15) is 5.75 Å². The van der Waals surface area contributed by atoms with E-state index in [9.17, 15) is 0 Å². The van der Waals surface area contributed by atoms with Crippen molar-refractivity contribution in [2.45, 2.75) is 0 Å². The van der Waals surface area contributed by atoms with Crippen LogP contribution in [0.4, 0.5) is 17.1 Å². The molecule has 37 heavy (non-hydrogen) atoms. The minimum Gasteiger partial charge on any atom is -0.497 e. The summed E-state index contributed by atoms with van der Waals surface area (Å²) in [5.41, 5.74) is 3.34. The van der Waals surface area contributed by atoms with Gasteiger partial charge in [-0.1, -0.05) is 103 Å². The second kappa shape index (κ2) is 8.69. The summed E-state index contributed by atoms with van der Waals surface area (Å²) < 4.78 is 5.67. The molecule has 7 aromatic rings. The van der Waals surface area contributed by atoms with E-state index in [-0.39, 0.29) is 0 Å². The number of rotatable bonds is 4. The molecule has 0 aliphatic rings. The number of anilines is 3. The van der Waals surface area contributed by atoms with Crippen molar-refractivity contribution >= 4 is 60.2 Å². The van der Waals surface area contributed by atoms with Crippen LogP contribution in [0.5, 0.6) is 5.75 Å². The van der Waals surface area contributed by atoms with E-state index in [0.717, 1.165) is 22.8 Å². The van der Waals surface area contributed by atoms with E-state index in [2.05, 4.69) is 132 Å². The highest BCUT2D eigenvalue weighted by Gasteiger charge is 2.20. The Hall–Kier alpha value is -4.82. The molecule has 0 aliphatic carbocycles. The predicted octanol–water partition coefficient (Wildman–Crippen LogP) is 9.78. The molecule has 176 valence electrons. The number of benzene rings is 7. The molecule has 0 spiro atoms. The van der Waals surface area contributed by atoms with Gasteiger partial charge in [0, 0.05) is 22.5 Å². The number of ether oxygens (including phenoxy) is 1. The summed E-state index contributed by atoms with van der Waals surface area (Å²) in [6, 6.07) is 47.7. The molecular formula is C35H25NO. The van der Waals surface area contributed by atoms with Gasteiger partial charge in [0.15, 0.2) is 0 Å². The maximum absolute atomic E-state index is 5.67. The van der Waals surface area contributed by atoms with Gasteiger partial charge in [-0.3, -0.25) is 0 Å². The van der Waals surface area contributed by atoms with E-state index >= 15 is 0 Å². The predicted molar refractivity (Wildman–Crippen MR) is 158 cm³/mol. The zero-order valence-electron chi connectivity index (χ0n) is 20.6. The van der Waals surface area contributed by atoms with Gasteiger partial charge in [0.05, 0.1) is 18.5 Å². The average molecular weight is 476 g/mol. The molecule has 0 amide bonds. The highest BCUT2D eigenvalue weighted by atomic mass is 16.5. The smallest absolute Gasteiger partial charge is 0.120 e. The SMILES string of the molecule is COc1cccc(N(c2cc3ccccc3c3ccccc23)c2cc3ccccc3c3ccccc23)c1. The van der Waals surface area contributed by atoms with Crippen molar-refractivity contribution in [2.75, 3.05) is 12.0 Å². The molecule has 0 bridgehead atoms. The third kappa shape index (κ3) is 3.49. The van der Waals surface area contributed by atoms with Crippen LogP contribution in [-0.2, 0) is 0 Å². The Morgan fingerprint density at radius 1 is 0.432 bits per heavy atom. The fraction of sp³-hybridized carbons (Fsp3) is 0.0286. The number of fused-ring (bicyclic) bond motifs is 6. The monoisotopic (exact) mass is 475 g/mol. The van der Waals surface area contributed by atoms with E-state index in [1.54, 1.807) is 7.11 Å². The number of nitrogens with zero attached hydrogens (tertiary/aromatic N) is 1. The molecule has 0 fully saturated rings. The van der Waals surface area contributed by atoms with Gasteiger partial charge in [0.2, 0.25) is 0 Å². The van der Waals surface area contributed by atoms with Gasteiger partial charge in [0.25, 0.3) is 0 Å². The van der Waals surface area contributed by atoms with E-state index in [1.807, 2.05) is 6.07 Å². The van der Waals surface area contributed by atoms with Crippen LogP contribution in [0.15, 0.2) is 133 Å². The topological polar surface area (TPSA) is 12.5 Å². The van der Waals surface area contributed by atoms with Crippen molar-refractivity contribution in [3.63, 3.8) is 0 Å². The molecule has 0 atom stereocenters. The second-order valence-corrected chi connectivity index (χ2v) is 9.36. The maximum Gasteiger partial charge on any atom is 0.120 e. The first kappa shape index (κ1) is 21.5. The quantitative estimate of drug-likeness (QED) is 0.235. The summed E-state index contributed by atoms with van der Waals surface area (Å²) in [7, 11) is 1.72. The van der Waals surface area contributed by atoms with E-state index in [0.29, 0.717) is 0 Å². The lowest BCUT2D eigenvalue weighted by atomic mass is 9.96. The summed E-state index contributed by atoms with van der Waals surface area (Å²) >= 11 is 0. The molecule has 7 rings (SSSR count). The van der Waals surface area contributed by atoms with Gasteiger partial charge >= 0.3 is 0 Å². The molecule has 0 N–H and O–H groups in total. The lowest BCUT2D eigenvalue weighted by molar-refractivity contribution is 0.415. The lowest BCUT2D eigenvalue weighted by Crippen LogP contribution is -2.11. The van der Waals surface area contributed by atoms with Crippen LogP contribution in [0.25, 0.3) is 43.1 Å². The van der Waals surface area contributed by atoms with Crippen LogP contribution in [-0.4, -0.2) is 7.11 Å². The van der Waals surface area contributed by atoms with Crippen molar-refractivity contribution in [3.8, 4) is 5.75 Å². The van der Waals surface area contributed by atoms with Gasteiger partial charge in [-0.05, 0) is 56.6 Å². The van der Waals surface area contributed by atoms with Gasteiger partial charge < -0.3 is 9.64 Å². The van der Waals surface area contributed by atoms with E-state index < -0.39 is 0 Å². The molecule has 0 saturated heterocycles. The Balaban J connectivity index is 1.64. The van der Waals surface area contributed by atoms with Crippen molar-refractivity contribution in [2.24, 2.45) is 0 Å². The summed E-state index contributed by atoms with van der Waals surface area (Å²) in [6.07, 6.45) is 0. The van der Waals surface area contributed by atoms with Gasteiger partial charge in [-0.25, -0.2) is 0 Å².